The van der Waals surface area contributed by atoms with E-state index < -0.39 is 5.91 Å². The molecular weight excluding hydrogens is 252 g/mol. The van der Waals surface area contributed by atoms with Crippen LogP contribution in [0.5, 0.6) is 0 Å². The molecule has 0 spiro atoms. The Bertz CT molecular complexity index is 361. The predicted molar refractivity (Wildman–Crippen MR) is 81.3 cm³/mol. The van der Waals surface area contributed by atoms with Gasteiger partial charge in [-0.3, -0.25) is 9.59 Å². The number of nitrogens with zero attached hydrogens (tertiary/aromatic N) is 1. The van der Waals surface area contributed by atoms with Crippen LogP contribution in [0.25, 0.3) is 0 Å². The molecule has 0 atom stereocenters. The zero-order chi connectivity index (χ0) is 15.6. The van der Waals surface area contributed by atoms with Gasteiger partial charge >= 0.3 is 11.8 Å². The molecule has 0 aromatic rings. The van der Waals surface area contributed by atoms with Crippen LogP contribution in [-0.2, 0) is 9.59 Å². The summed E-state index contributed by atoms with van der Waals surface area (Å²) in [6.07, 6.45) is 2.81. The maximum absolute atomic E-state index is 12.2. The highest BCUT2D eigenvalue weighted by molar-refractivity contribution is 6.35. The van der Waals surface area contributed by atoms with E-state index in [1.54, 1.807) is 4.90 Å². The zero-order valence-electron chi connectivity index (χ0n) is 13.9. The van der Waals surface area contributed by atoms with Crippen molar-refractivity contribution < 1.29 is 9.59 Å². The molecule has 1 N–H and O–H groups in total. The average molecular weight is 282 g/mol. The molecular formula is C16H30N2O2. The molecule has 116 valence electrons. The molecule has 0 unspecified atom stereocenters. The zero-order valence-corrected chi connectivity index (χ0v) is 13.9. The van der Waals surface area contributed by atoms with E-state index in [0.29, 0.717) is 19.0 Å². The summed E-state index contributed by atoms with van der Waals surface area (Å²) in [6.45, 7) is 13.9. The third-order valence-corrected chi connectivity index (χ3v) is 3.69. The van der Waals surface area contributed by atoms with Crippen LogP contribution in [0, 0.1) is 11.3 Å². The van der Waals surface area contributed by atoms with E-state index in [-0.39, 0.29) is 16.9 Å². The molecule has 20 heavy (non-hydrogen) atoms. The fourth-order valence-corrected chi connectivity index (χ4v) is 3.09. The molecule has 0 aliphatic carbocycles. The number of carbonyl (C=O) groups excluding carboxylic acids is 2. The second kappa shape index (κ2) is 6.15. The monoisotopic (exact) mass is 282 g/mol. The van der Waals surface area contributed by atoms with Gasteiger partial charge in [0.15, 0.2) is 0 Å². The van der Waals surface area contributed by atoms with Gasteiger partial charge in [0.1, 0.15) is 0 Å². The molecule has 1 heterocycles. The van der Waals surface area contributed by atoms with Crippen molar-refractivity contribution in [1.82, 2.24) is 10.2 Å². The Labute approximate surface area is 123 Å². The first-order valence-electron chi connectivity index (χ1n) is 7.62. The molecule has 2 amide bonds. The van der Waals surface area contributed by atoms with Crippen LogP contribution in [0.2, 0.25) is 0 Å². The Morgan fingerprint density at radius 3 is 2.05 bits per heavy atom. The van der Waals surface area contributed by atoms with Gasteiger partial charge < -0.3 is 10.2 Å². The Kier molecular flexibility index (Phi) is 5.22. The third-order valence-electron chi connectivity index (χ3n) is 3.69. The van der Waals surface area contributed by atoms with Gasteiger partial charge in [0, 0.05) is 18.6 Å². The number of carbonyl (C=O) groups is 2. The maximum atomic E-state index is 12.2. The molecule has 0 saturated carbocycles. The lowest BCUT2D eigenvalue weighted by Gasteiger charge is -2.34. The summed E-state index contributed by atoms with van der Waals surface area (Å²) in [5.74, 6) is -0.188. The van der Waals surface area contributed by atoms with E-state index in [2.05, 4.69) is 33.0 Å². The molecule has 1 fully saturated rings. The van der Waals surface area contributed by atoms with Gasteiger partial charge in [-0.2, -0.15) is 0 Å². The van der Waals surface area contributed by atoms with Crippen LogP contribution in [-0.4, -0.2) is 35.3 Å². The molecule has 1 aliphatic heterocycles. The molecule has 0 aromatic heterocycles. The van der Waals surface area contributed by atoms with Crippen molar-refractivity contribution in [3.05, 3.63) is 0 Å². The first-order chi connectivity index (χ1) is 9.00. The van der Waals surface area contributed by atoms with Crippen molar-refractivity contribution in [3.63, 3.8) is 0 Å². The van der Waals surface area contributed by atoms with E-state index in [0.717, 1.165) is 19.3 Å². The van der Waals surface area contributed by atoms with Gasteiger partial charge in [0.05, 0.1) is 0 Å². The summed E-state index contributed by atoms with van der Waals surface area (Å²) in [5.41, 5.74) is -0.256. The summed E-state index contributed by atoms with van der Waals surface area (Å²) in [5, 5.41) is 2.89. The lowest BCUT2D eigenvalue weighted by molar-refractivity contribution is -0.147. The fourth-order valence-electron chi connectivity index (χ4n) is 3.09. The van der Waals surface area contributed by atoms with Gasteiger partial charge in [-0.15, -0.1) is 0 Å². The number of nitrogens with one attached hydrogen (secondary N) is 1. The van der Waals surface area contributed by atoms with Gasteiger partial charge in [-0.1, -0.05) is 27.7 Å². The number of piperidine rings is 1. The van der Waals surface area contributed by atoms with Crippen LogP contribution >= 0.6 is 0 Å². The molecule has 0 aromatic carbocycles. The third kappa shape index (κ3) is 5.51. The smallest absolute Gasteiger partial charge is 0.311 e. The maximum Gasteiger partial charge on any atom is 0.311 e. The van der Waals surface area contributed by atoms with Crippen LogP contribution < -0.4 is 5.32 Å². The summed E-state index contributed by atoms with van der Waals surface area (Å²) in [4.78, 5) is 26.0. The molecule has 1 saturated heterocycles. The van der Waals surface area contributed by atoms with E-state index in [4.69, 9.17) is 0 Å². The molecule has 0 radical (unpaired) electrons. The molecule has 1 rings (SSSR count). The van der Waals surface area contributed by atoms with Crippen LogP contribution in [0.4, 0.5) is 0 Å². The van der Waals surface area contributed by atoms with Gasteiger partial charge in [-0.25, -0.2) is 0 Å². The van der Waals surface area contributed by atoms with Crippen molar-refractivity contribution in [3.8, 4) is 0 Å². The molecule has 4 heteroatoms. The van der Waals surface area contributed by atoms with Crippen LogP contribution in [0.3, 0.4) is 0 Å². The Morgan fingerprint density at radius 1 is 1.10 bits per heavy atom. The summed E-state index contributed by atoms with van der Waals surface area (Å²) in [6, 6.07) is 0. The predicted octanol–water partition coefficient (Wildman–Crippen LogP) is 2.58. The molecule has 4 nitrogen and oxygen atoms in total. The Hall–Kier alpha value is -1.06. The first-order valence-corrected chi connectivity index (χ1v) is 7.62. The summed E-state index contributed by atoms with van der Waals surface area (Å²) < 4.78 is 0. The molecule has 0 bridgehead atoms. The van der Waals surface area contributed by atoms with Gasteiger partial charge in [0.2, 0.25) is 0 Å². The highest BCUT2D eigenvalue weighted by Gasteiger charge is 2.31. The van der Waals surface area contributed by atoms with E-state index >= 15 is 0 Å². The Morgan fingerprint density at radius 2 is 1.60 bits per heavy atom. The number of amides is 2. The van der Waals surface area contributed by atoms with Crippen molar-refractivity contribution in [2.75, 3.05) is 13.1 Å². The number of likely N-dealkylation sites (tertiary alicyclic amines) is 1. The molecule has 1 aliphatic rings. The second-order valence-corrected chi connectivity index (χ2v) is 8.05. The summed E-state index contributed by atoms with van der Waals surface area (Å²) in [7, 11) is 0. The van der Waals surface area contributed by atoms with Crippen molar-refractivity contribution in [2.45, 2.75) is 66.3 Å². The van der Waals surface area contributed by atoms with Crippen molar-refractivity contribution in [2.24, 2.45) is 11.3 Å². The van der Waals surface area contributed by atoms with Crippen LogP contribution in [0.1, 0.15) is 60.8 Å². The van der Waals surface area contributed by atoms with Crippen molar-refractivity contribution in [1.29, 1.82) is 0 Å². The average Bonchev–Trinajstić information content (AvgIpc) is 2.24. The minimum absolute atomic E-state index is 0.111. The lowest BCUT2D eigenvalue weighted by Crippen LogP contribution is -2.53. The van der Waals surface area contributed by atoms with E-state index in [1.807, 2.05) is 13.8 Å². The minimum atomic E-state index is -0.464. The van der Waals surface area contributed by atoms with Gasteiger partial charge in [-0.05, 0) is 44.4 Å². The Balaban J connectivity index is 2.55. The topological polar surface area (TPSA) is 49.4 Å². The van der Waals surface area contributed by atoms with Crippen LogP contribution in [0.15, 0.2) is 0 Å². The normalized spacial score (nSPS) is 18.0. The number of hydrogen-bond acceptors (Lipinski definition) is 2. The largest absolute Gasteiger partial charge is 0.343 e. The second-order valence-electron chi connectivity index (χ2n) is 8.05. The lowest BCUT2D eigenvalue weighted by atomic mass is 9.82. The van der Waals surface area contributed by atoms with Crippen molar-refractivity contribution >= 4 is 11.8 Å². The number of rotatable bonds is 2. The van der Waals surface area contributed by atoms with E-state index in [9.17, 15) is 9.59 Å². The SMILES string of the molecule is CC1CCN(C(=O)C(=O)NC(C)(C)CC(C)(C)C)CC1. The minimum Gasteiger partial charge on any atom is -0.343 e. The fraction of sp³-hybridized carbons (Fsp3) is 0.875. The van der Waals surface area contributed by atoms with Gasteiger partial charge in [0.25, 0.3) is 0 Å². The first kappa shape index (κ1) is 17.0. The quantitative estimate of drug-likeness (QED) is 0.791. The standard InChI is InChI=1S/C16H30N2O2/c1-12-7-9-18(10-8-12)14(20)13(19)17-16(5,6)11-15(2,3)4/h12H,7-11H2,1-6H3,(H,17,19). The summed E-state index contributed by atoms with van der Waals surface area (Å²) >= 11 is 0. The number of hydrogen-bond donors (Lipinski definition) is 1. The van der Waals surface area contributed by atoms with E-state index in [1.165, 1.54) is 0 Å². The highest BCUT2D eigenvalue weighted by atomic mass is 16.2. The highest BCUT2D eigenvalue weighted by Crippen LogP contribution is 2.26.